The summed E-state index contributed by atoms with van der Waals surface area (Å²) in [7, 11) is 0. The highest BCUT2D eigenvalue weighted by molar-refractivity contribution is 6.39. The van der Waals surface area contributed by atoms with Gasteiger partial charge in [-0.2, -0.15) is 0 Å². The van der Waals surface area contributed by atoms with Crippen molar-refractivity contribution in [1.29, 1.82) is 0 Å². The number of carbonyl (C=O) groups is 4. The lowest BCUT2D eigenvalue weighted by Gasteiger charge is -2.15. The van der Waals surface area contributed by atoms with Crippen LogP contribution in [0.25, 0.3) is 0 Å². The number of hydrogen-bond donors (Lipinski definition) is 0. The third-order valence-electron chi connectivity index (χ3n) is 16.2. The average molecular weight is 1580 g/mol. The Morgan fingerprint density at radius 3 is 0.981 bits per heavy atom. The number of carbonyl (C=O) groups excluding carboxylic acids is 4. The van der Waals surface area contributed by atoms with Crippen LogP contribution in [-0.2, 0) is 51.9 Å². The summed E-state index contributed by atoms with van der Waals surface area (Å²) < 4.78 is 36.8. The van der Waals surface area contributed by atoms with Gasteiger partial charge in [-0.3, -0.25) is 4.98 Å². The normalized spacial score (nSPS) is 10.6. The molecule has 0 unspecified atom stereocenters. The zero-order valence-electron chi connectivity index (χ0n) is 55.9. The van der Waals surface area contributed by atoms with Crippen molar-refractivity contribution >= 4 is 117 Å². The fourth-order valence-corrected chi connectivity index (χ4v) is 12.9. The molecule has 22 heteroatoms. The summed E-state index contributed by atoms with van der Waals surface area (Å²) in [5.41, 5.74) is 8.26. The molecule has 0 bridgehead atoms. The van der Waals surface area contributed by atoms with Crippen LogP contribution in [0.4, 0.5) is 4.39 Å². The van der Waals surface area contributed by atoms with E-state index >= 15 is 0 Å². The molecule has 0 aliphatic rings. The predicted octanol–water partition coefficient (Wildman–Crippen LogP) is 17.7. The molecule has 0 N–H and O–H groups in total. The quantitative estimate of drug-likeness (QED) is 0.0522. The molecule has 1 heterocycles. The van der Waals surface area contributed by atoms with Gasteiger partial charge in [0.2, 0.25) is 0 Å². The van der Waals surface area contributed by atoms with Crippen molar-refractivity contribution in [3.8, 4) is 23.0 Å². The predicted molar refractivity (Wildman–Crippen MR) is 406 cm³/mol. The molecule has 0 atom stereocenters. The molecule has 11 aromatic carbocycles. The smallest absolute Gasteiger partial charge is 0.138 e. The van der Waals surface area contributed by atoms with Crippen molar-refractivity contribution in [2.24, 2.45) is 0 Å². The molecule has 106 heavy (non-hydrogen) atoms. The first-order valence-electron chi connectivity index (χ1n) is 32.4. The van der Waals surface area contributed by atoms with Gasteiger partial charge < -0.3 is 58.6 Å². The maximum absolute atomic E-state index is 13.7. The van der Waals surface area contributed by atoms with Crippen LogP contribution >= 0.6 is 92.8 Å². The summed E-state index contributed by atoms with van der Waals surface area (Å²) in [5, 5.41) is 48.3. The van der Waals surface area contributed by atoms with Gasteiger partial charge in [0.15, 0.2) is 0 Å². The number of benzene rings is 11. The second-order valence-electron chi connectivity index (χ2n) is 23.2. The molecular formula is C84H60Cl8FNO12-4. The van der Waals surface area contributed by atoms with E-state index in [1.807, 2.05) is 91.0 Å². The van der Waals surface area contributed by atoms with Gasteiger partial charge in [-0.05, 0) is 122 Å². The van der Waals surface area contributed by atoms with Crippen LogP contribution in [0.2, 0.25) is 40.2 Å². The van der Waals surface area contributed by atoms with E-state index in [2.05, 4.69) is 4.98 Å². The molecule has 12 aromatic rings. The van der Waals surface area contributed by atoms with Gasteiger partial charge in [0.05, 0.1) is 56.3 Å². The molecule has 0 aliphatic heterocycles. The third kappa shape index (κ3) is 22.5. The zero-order valence-corrected chi connectivity index (χ0v) is 61.9. The Balaban J connectivity index is 0.000000163. The molecule has 12 rings (SSSR count). The number of ether oxygens (including phenoxy) is 4. The molecule has 0 fully saturated rings. The van der Waals surface area contributed by atoms with Gasteiger partial charge in [-0.1, -0.05) is 275 Å². The number of halogens is 9. The Hall–Kier alpha value is -10.1. The highest BCUT2D eigenvalue weighted by atomic mass is 35.5. The van der Waals surface area contributed by atoms with Gasteiger partial charge >= 0.3 is 0 Å². The van der Waals surface area contributed by atoms with Crippen molar-refractivity contribution in [2.75, 3.05) is 6.61 Å². The second-order valence-corrected chi connectivity index (χ2v) is 26.3. The van der Waals surface area contributed by atoms with Crippen LogP contribution in [0.3, 0.4) is 0 Å². The minimum absolute atomic E-state index is 0.00307. The van der Waals surface area contributed by atoms with Crippen LogP contribution in [-0.4, -0.2) is 35.5 Å². The lowest BCUT2D eigenvalue weighted by atomic mass is 9.99. The monoisotopic (exact) mass is 1570 g/mol. The minimum atomic E-state index is -1.29. The molecule has 0 spiro atoms. The van der Waals surface area contributed by atoms with E-state index in [0.717, 1.165) is 17.5 Å². The summed E-state index contributed by atoms with van der Waals surface area (Å²) >= 11 is 51.0. The number of carboxylic acid groups (broad SMARTS) is 4. The van der Waals surface area contributed by atoms with E-state index in [9.17, 15) is 44.0 Å². The first-order chi connectivity index (χ1) is 51.1. The summed E-state index contributed by atoms with van der Waals surface area (Å²) in [5.74, 6) is -3.56. The van der Waals surface area contributed by atoms with Gasteiger partial charge in [0.25, 0.3) is 0 Å². The number of aromatic nitrogens is 1. The molecular weight excluding hydrogens is 1520 g/mol. The number of aromatic carboxylic acids is 4. The highest BCUT2D eigenvalue weighted by Crippen LogP contribution is 2.40. The zero-order chi connectivity index (χ0) is 75.7. The fourth-order valence-electron chi connectivity index (χ4n) is 10.7. The Kier molecular flexibility index (Phi) is 30.1. The number of pyridine rings is 1. The maximum Gasteiger partial charge on any atom is 0.138 e. The molecule has 0 amide bonds. The number of carboxylic acids is 4. The summed E-state index contributed by atoms with van der Waals surface area (Å²) in [4.78, 5) is 49.3. The van der Waals surface area contributed by atoms with Crippen LogP contribution < -0.4 is 39.4 Å². The fraction of sp³-hybridized carbons (Fsp3) is 0.107. The third-order valence-corrected chi connectivity index (χ3v) is 19.3. The molecule has 0 saturated heterocycles. The number of rotatable bonds is 25. The van der Waals surface area contributed by atoms with Gasteiger partial charge in [-0.25, -0.2) is 4.39 Å². The Bertz CT molecular complexity index is 4880. The van der Waals surface area contributed by atoms with Crippen LogP contribution in [0, 0.1) is 5.82 Å². The first kappa shape index (κ1) is 80.0. The minimum Gasteiger partial charge on any atom is -0.545 e. The topological polar surface area (TPSA) is 210 Å². The summed E-state index contributed by atoms with van der Waals surface area (Å²) in [6, 6.07) is 71.9. The molecule has 1 aromatic heterocycles. The van der Waals surface area contributed by atoms with Crippen LogP contribution in [0.15, 0.2) is 255 Å². The van der Waals surface area contributed by atoms with Crippen molar-refractivity contribution in [2.45, 2.75) is 51.9 Å². The Labute approximate surface area is 651 Å². The van der Waals surface area contributed by atoms with Crippen LogP contribution in [0.5, 0.6) is 23.0 Å². The maximum atomic E-state index is 13.7. The molecule has 540 valence electrons. The van der Waals surface area contributed by atoms with Gasteiger partial charge in [-0.15, -0.1) is 0 Å². The molecule has 13 nitrogen and oxygen atoms in total. The van der Waals surface area contributed by atoms with Crippen molar-refractivity contribution in [3.63, 3.8) is 0 Å². The summed E-state index contributed by atoms with van der Waals surface area (Å²) in [6.45, 7) is 1.20. The van der Waals surface area contributed by atoms with E-state index in [-0.39, 0.29) is 65.4 Å². The summed E-state index contributed by atoms with van der Waals surface area (Å²) in [6.07, 6.45) is 3.16. The SMILES string of the molecule is O=C([O-])c1ccccc1Cc1c(Cl)ccc(OCCc2ccccc2)c1Cl.O=C([O-])c1ccccc1Cc1c(Cl)ccc(OCc2ccccc2)c1Cl.O=C([O-])c1ccccc1Cc1c(Cl)ccc(OCc2ccccc2F)c1Cl.O=C([O-])c1cccnc1Cc1c(Cl)ccc(OCc2ccccc2)c1Cl. The van der Waals surface area contributed by atoms with E-state index in [1.54, 1.807) is 121 Å². The molecule has 0 radical (unpaired) electrons. The van der Waals surface area contributed by atoms with E-state index in [0.29, 0.717) is 128 Å². The standard InChI is InChI=1S/C22H18Cl2O3.C21H15Cl2FO3.C21H16Cl2O3.C20H15Cl2NO3/c23-19-10-11-20(27-13-12-15-6-2-1-3-7-15)21(24)18(19)14-16-8-4-5-9-17(16)22(25)26;22-17-9-10-19(27-12-14-6-2-4-8-18(14)24)20(23)16(17)11-13-5-1-3-7-15(13)21(25)26;22-18-10-11-19(26-13-14-6-2-1-3-7-14)20(23)17(18)12-15-8-4-5-9-16(15)21(24)25;21-16-8-9-18(26-12-13-5-2-1-3-6-13)19(22)15(16)11-17-14(20(24)25)7-4-10-23-17/h1-11H,12-14H2,(H,25,26);1-10H,11-12H2,(H,25,26);1-11H,12-13H2,(H,24,25);1-10H,11-12H2,(H,24,25)/p-4. The average Bonchev–Trinajstić information content (AvgIpc) is 0.827. The Morgan fingerprint density at radius 2 is 0.613 bits per heavy atom. The second kappa shape index (κ2) is 39.9. The largest absolute Gasteiger partial charge is 0.545 e. The lowest BCUT2D eigenvalue weighted by molar-refractivity contribution is -0.256. The van der Waals surface area contributed by atoms with Gasteiger partial charge in [0.1, 0.15) is 48.6 Å². The molecule has 0 saturated carbocycles. The van der Waals surface area contributed by atoms with Crippen molar-refractivity contribution in [3.05, 3.63) is 390 Å². The van der Waals surface area contributed by atoms with E-state index < -0.39 is 23.9 Å². The van der Waals surface area contributed by atoms with E-state index in [1.165, 1.54) is 48.2 Å². The molecule has 0 aliphatic carbocycles. The number of hydrogen-bond acceptors (Lipinski definition) is 13. The van der Waals surface area contributed by atoms with E-state index in [4.69, 9.17) is 112 Å². The number of nitrogens with zero attached hydrogens (tertiary/aromatic N) is 1. The Morgan fingerprint density at radius 1 is 0.311 bits per heavy atom. The van der Waals surface area contributed by atoms with Crippen molar-refractivity contribution in [1.82, 2.24) is 4.98 Å². The van der Waals surface area contributed by atoms with Gasteiger partial charge in [0, 0.05) is 86.2 Å². The van der Waals surface area contributed by atoms with Crippen LogP contribution in [0.1, 0.15) is 108 Å². The highest BCUT2D eigenvalue weighted by Gasteiger charge is 2.20. The first-order valence-corrected chi connectivity index (χ1v) is 35.4. The van der Waals surface area contributed by atoms with Crippen molar-refractivity contribution < 1.29 is 62.9 Å². The lowest BCUT2D eigenvalue weighted by Crippen LogP contribution is -2.24.